The fourth-order valence-corrected chi connectivity index (χ4v) is 7.83. The molecule has 1 aliphatic heterocycles. The Hall–Kier alpha value is -3.55. The highest BCUT2D eigenvalue weighted by Crippen LogP contribution is 2.29. The van der Waals surface area contributed by atoms with Gasteiger partial charge in [0.2, 0.25) is 21.8 Å². The predicted molar refractivity (Wildman–Crippen MR) is 176 cm³/mol. The summed E-state index contributed by atoms with van der Waals surface area (Å²) in [7, 11) is -4.18. The number of aliphatic carboxylic acids is 1. The monoisotopic (exact) mass is 659 g/mol. The Bertz CT molecular complexity index is 1450. The lowest BCUT2D eigenvalue weighted by Gasteiger charge is -2.28. The standard InChI is InChI=1S/C33H49N5O7S/c1-21-12-23(3)31(24(4)13-21)46(43,44)37-27(32(41)42)18-36-29(39)20-45-26-15-25(17-35-28-10-8-9-11-34-28)38(19-26)30(40)14-22(2)16-33(5,6)7/h8-13,22,25-27,37H,14-20H2,1-7H3,(H,34,35)(H,36,39)(H,41,42). The molecule has 1 aromatic carbocycles. The Morgan fingerprint density at radius 1 is 1.13 bits per heavy atom. The van der Waals surface area contributed by atoms with Crippen LogP contribution in [0.3, 0.4) is 0 Å². The van der Waals surface area contributed by atoms with Crippen LogP contribution in [0.1, 0.15) is 63.6 Å². The van der Waals surface area contributed by atoms with E-state index in [0.29, 0.717) is 42.9 Å². The molecule has 13 heteroatoms. The van der Waals surface area contributed by atoms with E-state index in [1.54, 1.807) is 32.2 Å². The van der Waals surface area contributed by atoms with Gasteiger partial charge in [-0.3, -0.25) is 14.4 Å². The van der Waals surface area contributed by atoms with Gasteiger partial charge in [0.15, 0.2) is 0 Å². The first-order valence-corrected chi connectivity index (χ1v) is 17.1. The predicted octanol–water partition coefficient (Wildman–Crippen LogP) is 3.42. The molecule has 4 unspecified atom stereocenters. The summed E-state index contributed by atoms with van der Waals surface area (Å²) in [5.74, 6) is -1.12. The molecule has 0 radical (unpaired) electrons. The smallest absolute Gasteiger partial charge is 0.323 e. The Balaban J connectivity index is 1.59. The van der Waals surface area contributed by atoms with Crippen LogP contribution in [0, 0.1) is 32.1 Å². The summed E-state index contributed by atoms with van der Waals surface area (Å²) in [6.45, 7) is 13.6. The summed E-state index contributed by atoms with van der Waals surface area (Å²) >= 11 is 0. The molecule has 0 spiro atoms. The van der Waals surface area contributed by atoms with Gasteiger partial charge in [0.1, 0.15) is 18.5 Å². The highest BCUT2D eigenvalue weighted by Gasteiger charge is 2.37. The Labute approximate surface area is 272 Å². The maximum atomic E-state index is 13.4. The molecule has 46 heavy (non-hydrogen) atoms. The summed E-state index contributed by atoms with van der Waals surface area (Å²) in [4.78, 5) is 44.1. The molecule has 0 bridgehead atoms. The fraction of sp³-hybridized carbons (Fsp3) is 0.576. The summed E-state index contributed by atoms with van der Waals surface area (Å²) in [5.41, 5.74) is 1.97. The van der Waals surface area contributed by atoms with Gasteiger partial charge in [-0.05, 0) is 68.2 Å². The molecule has 254 valence electrons. The van der Waals surface area contributed by atoms with E-state index >= 15 is 0 Å². The summed E-state index contributed by atoms with van der Waals surface area (Å²) in [6.07, 6.45) is 3.08. The molecule has 1 saturated heterocycles. The number of nitrogens with zero attached hydrogens (tertiary/aromatic N) is 2. The van der Waals surface area contributed by atoms with Crippen LogP contribution in [-0.2, 0) is 29.1 Å². The molecule has 2 aromatic rings. The minimum atomic E-state index is -4.18. The molecule has 1 fully saturated rings. The fourth-order valence-electron chi connectivity index (χ4n) is 6.19. The number of aryl methyl sites for hydroxylation is 3. The number of hydrogen-bond donors (Lipinski definition) is 4. The van der Waals surface area contributed by atoms with Gasteiger partial charge in [-0.1, -0.05) is 51.5 Å². The van der Waals surface area contributed by atoms with Gasteiger partial charge in [0.25, 0.3) is 0 Å². The topological polar surface area (TPSA) is 167 Å². The third-order valence-electron chi connectivity index (χ3n) is 7.79. The number of sulfonamides is 1. The lowest BCUT2D eigenvalue weighted by atomic mass is 9.84. The highest BCUT2D eigenvalue weighted by molar-refractivity contribution is 7.89. The third kappa shape index (κ3) is 11.1. The number of pyridine rings is 1. The summed E-state index contributed by atoms with van der Waals surface area (Å²) in [6, 6.07) is 7.19. The van der Waals surface area contributed by atoms with Crippen molar-refractivity contribution in [3.8, 4) is 0 Å². The molecule has 3 rings (SSSR count). The summed E-state index contributed by atoms with van der Waals surface area (Å²) in [5, 5.41) is 15.4. The number of likely N-dealkylation sites (tertiary alicyclic amines) is 1. The number of amides is 2. The molecule has 2 heterocycles. The molecule has 12 nitrogen and oxygen atoms in total. The Kier molecular flexibility index (Phi) is 12.7. The van der Waals surface area contributed by atoms with Gasteiger partial charge in [-0.2, -0.15) is 4.72 Å². The van der Waals surface area contributed by atoms with Crippen LogP contribution in [0.4, 0.5) is 5.82 Å². The molecule has 1 aromatic heterocycles. The third-order valence-corrected chi connectivity index (χ3v) is 9.56. The van der Waals surface area contributed by atoms with Crippen LogP contribution in [0.2, 0.25) is 0 Å². The minimum Gasteiger partial charge on any atom is -0.480 e. The average Bonchev–Trinajstić information content (AvgIpc) is 3.35. The Morgan fingerprint density at radius 2 is 1.80 bits per heavy atom. The van der Waals surface area contributed by atoms with Crippen molar-refractivity contribution in [1.29, 1.82) is 0 Å². The van der Waals surface area contributed by atoms with Gasteiger partial charge in [-0.25, -0.2) is 13.4 Å². The van der Waals surface area contributed by atoms with E-state index in [1.165, 1.54) is 0 Å². The van der Waals surface area contributed by atoms with Crippen LogP contribution < -0.4 is 15.4 Å². The average molecular weight is 660 g/mol. The molecular weight excluding hydrogens is 610 g/mol. The molecule has 2 amide bonds. The van der Waals surface area contributed by atoms with Gasteiger partial charge in [0, 0.05) is 32.3 Å². The van der Waals surface area contributed by atoms with Crippen molar-refractivity contribution in [3.05, 3.63) is 53.2 Å². The van der Waals surface area contributed by atoms with Crippen molar-refractivity contribution in [2.75, 3.05) is 31.6 Å². The summed E-state index contributed by atoms with van der Waals surface area (Å²) < 4.78 is 34.3. The molecule has 4 atom stereocenters. The van der Waals surface area contributed by atoms with Gasteiger partial charge >= 0.3 is 5.97 Å². The Morgan fingerprint density at radius 3 is 2.39 bits per heavy atom. The number of carboxylic acid groups (broad SMARTS) is 1. The second-order valence-corrected chi connectivity index (χ2v) is 15.2. The van der Waals surface area contributed by atoms with E-state index in [0.717, 1.165) is 12.0 Å². The maximum absolute atomic E-state index is 13.4. The van der Waals surface area contributed by atoms with Crippen molar-refractivity contribution >= 4 is 33.6 Å². The van der Waals surface area contributed by atoms with E-state index < -0.39 is 40.6 Å². The zero-order valence-corrected chi connectivity index (χ0v) is 28.7. The van der Waals surface area contributed by atoms with Crippen molar-refractivity contribution in [2.45, 2.75) is 90.8 Å². The number of carbonyl (C=O) groups is 3. The van der Waals surface area contributed by atoms with E-state index in [2.05, 4.69) is 48.0 Å². The largest absolute Gasteiger partial charge is 0.480 e. The molecule has 0 aliphatic carbocycles. The molecular formula is C33H49N5O7S. The number of benzene rings is 1. The zero-order valence-electron chi connectivity index (χ0n) is 27.9. The number of aromatic nitrogens is 1. The number of rotatable bonds is 15. The van der Waals surface area contributed by atoms with Crippen LogP contribution in [0.5, 0.6) is 0 Å². The number of carbonyl (C=O) groups excluding carboxylic acids is 2. The number of nitrogens with one attached hydrogen (secondary N) is 3. The lowest BCUT2D eigenvalue weighted by Crippen LogP contribution is -2.49. The SMILES string of the molecule is Cc1cc(C)c(S(=O)(=O)NC(CNC(=O)COC2CC(CNc3ccccn3)N(C(=O)CC(C)CC(C)(C)C)C2)C(=O)O)c(C)c1. The normalized spacial score (nSPS) is 18.2. The molecule has 4 N–H and O–H groups in total. The minimum absolute atomic E-state index is 0.0132. The molecule has 1 aliphatic rings. The van der Waals surface area contributed by atoms with Crippen molar-refractivity contribution in [2.24, 2.45) is 11.3 Å². The number of ether oxygens (including phenoxy) is 1. The second-order valence-electron chi connectivity index (χ2n) is 13.6. The second kappa shape index (κ2) is 15.8. The van der Waals surface area contributed by atoms with Gasteiger partial charge in [-0.15, -0.1) is 0 Å². The van der Waals surface area contributed by atoms with Crippen LogP contribution in [0.25, 0.3) is 0 Å². The first-order valence-electron chi connectivity index (χ1n) is 15.6. The van der Waals surface area contributed by atoms with E-state index in [1.807, 2.05) is 30.0 Å². The van der Waals surface area contributed by atoms with Crippen LogP contribution in [0.15, 0.2) is 41.4 Å². The first kappa shape index (κ1) is 36.9. The number of hydrogen-bond acceptors (Lipinski definition) is 8. The quantitative estimate of drug-likeness (QED) is 0.224. The van der Waals surface area contributed by atoms with Crippen LogP contribution in [-0.4, -0.2) is 85.6 Å². The lowest BCUT2D eigenvalue weighted by molar-refractivity contribution is -0.139. The van der Waals surface area contributed by atoms with E-state index in [-0.39, 0.29) is 34.8 Å². The van der Waals surface area contributed by atoms with Crippen molar-refractivity contribution in [1.82, 2.24) is 19.9 Å². The van der Waals surface area contributed by atoms with Gasteiger partial charge < -0.3 is 25.4 Å². The molecule has 0 saturated carbocycles. The number of anilines is 1. The number of carboxylic acids is 1. The maximum Gasteiger partial charge on any atom is 0.323 e. The first-order chi connectivity index (χ1) is 21.4. The van der Waals surface area contributed by atoms with Crippen LogP contribution >= 0.6 is 0 Å². The van der Waals surface area contributed by atoms with Crippen molar-refractivity contribution in [3.63, 3.8) is 0 Å². The van der Waals surface area contributed by atoms with Crippen molar-refractivity contribution < 1.29 is 32.6 Å². The van der Waals surface area contributed by atoms with Gasteiger partial charge in [0.05, 0.1) is 17.0 Å². The zero-order chi connectivity index (χ0) is 34.2. The van der Waals surface area contributed by atoms with E-state index in [4.69, 9.17) is 4.74 Å². The highest BCUT2D eigenvalue weighted by atomic mass is 32.2. The van der Waals surface area contributed by atoms with E-state index in [9.17, 15) is 27.9 Å².